The fourth-order valence-electron chi connectivity index (χ4n) is 1.32. The Labute approximate surface area is 97.4 Å². The second-order valence-corrected chi connectivity index (χ2v) is 3.34. The molecule has 2 rings (SSSR count). The fourth-order valence-corrected chi connectivity index (χ4v) is 1.32. The van der Waals surface area contributed by atoms with E-state index in [-0.39, 0.29) is 5.82 Å². The van der Waals surface area contributed by atoms with E-state index in [1.165, 1.54) is 18.2 Å². The summed E-state index contributed by atoms with van der Waals surface area (Å²) >= 11 is 0. The van der Waals surface area contributed by atoms with Crippen LogP contribution in [0.5, 0.6) is 11.6 Å². The number of anilines is 1. The molecule has 6 heteroatoms. The molecule has 0 saturated carbocycles. The maximum Gasteiger partial charge on any atom is 0.224 e. The highest BCUT2D eigenvalue weighted by Gasteiger charge is 2.04. The van der Waals surface area contributed by atoms with E-state index in [0.29, 0.717) is 23.3 Å². The Balaban J connectivity index is 2.26. The number of nitrogen functional groups attached to an aromatic ring is 1. The van der Waals surface area contributed by atoms with Crippen molar-refractivity contribution < 1.29 is 9.13 Å². The van der Waals surface area contributed by atoms with E-state index in [1.807, 2.05) is 0 Å². The largest absolute Gasteiger partial charge is 0.439 e. The van der Waals surface area contributed by atoms with Crippen LogP contribution in [0, 0.1) is 12.7 Å². The van der Waals surface area contributed by atoms with Crippen LogP contribution in [0.3, 0.4) is 0 Å². The normalized spacial score (nSPS) is 10.1. The SMILES string of the molecule is Cc1nc(NN)cc(Oc2cccc(F)c2)n1. The van der Waals surface area contributed by atoms with Crippen molar-refractivity contribution in [2.75, 3.05) is 5.43 Å². The lowest BCUT2D eigenvalue weighted by Gasteiger charge is -2.07. The molecule has 0 aliphatic rings. The van der Waals surface area contributed by atoms with Crippen molar-refractivity contribution in [3.8, 4) is 11.6 Å². The van der Waals surface area contributed by atoms with Gasteiger partial charge < -0.3 is 10.2 Å². The average molecular weight is 234 g/mol. The predicted octanol–water partition coefficient (Wildman–Crippen LogP) is 2.00. The second kappa shape index (κ2) is 4.75. The van der Waals surface area contributed by atoms with E-state index in [4.69, 9.17) is 10.6 Å². The molecule has 0 amide bonds. The second-order valence-electron chi connectivity index (χ2n) is 3.34. The highest BCUT2D eigenvalue weighted by Crippen LogP contribution is 2.21. The zero-order valence-electron chi connectivity index (χ0n) is 9.14. The van der Waals surface area contributed by atoms with Gasteiger partial charge in [-0.2, -0.15) is 4.98 Å². The molecule has 0 spiro atoms. The Morgan fingerprint density at radius 1 is 1.29 bits per heavy atom. The summed E-state index contributed by atoms with van der Waals surface area (Å²) < 4.78 is 18.3. The van der Waals surface area contributed by atoms with Crippen molar-refractivity contribution in [2.45, 2.75) is 6.92 Å². The molecule has 3 N–H and O–H groups in total. The molecule has 0 radical (unpaired) electrons. The summed E-state index contributed by atoms with van der Waals surface area (Å²) in [7, 11) is 0. The first-order valence-electron chi connectivity index (χ1n) is 4.93. The van der Waals surface area contributed by atoms with Crippen LogP contribution in [-0.2, 0) is 0 Å². The molecule has 17 heavy (non-hydrogen) atoms. The zero-order valence-corrected chi connectivity index (χ0v) is 9.14. The molecule has 1 aromatic heterocycles. The lowest BCUT2D eigenvalue weighted by Crippen LogP contribution is -2.09. The maximum absolute atomic E-state index is 12.9. The summed E-state index contributed by atoms with van der Waals surface area (Å²) in [6, 6.07) is 7.33. The van der Waals surface area contributed by atoms with Gasteiger partial charge in [0.25, 0.3) is 0 Å². The highest BCUT2D eigenvalue weighted by molar-refractivity contribution is 5.38. The summed E-state index contributed by atoms with van der Waals surface area (Å²) in [5.41, 5.74) is 2.40. The van der Waals surface area contributed by atoms with Gasteiger partial charge >= 0.3 is 0 Å². The van der Waals surface area contributed by atoms with Gasteiger partial charge in [-0.1, -0.05) is 6.07 Å². The first kappa shape index (κ1) is 11.3. The summed E-state index contributed by atoms with van der Waals surface area (Å²) in [5.74, 6) is 6.49. The number of benzene rings is 1. The van der Waals surface area contributed by atoms with Crippen molar-refractivity contribution in [1.29, 1.82) is 0 Å². The van der Waals surface area contributed by atoms with E-state index in [2.05, 4.69) is 15.4 Å². The van der Waals surface area contributed by atoms with Crippen LogP contribution in [0.25, 0.3) is 0 Å². The van der Waals surface area contributed by atoms with Crippen LogP contribution in [0.1, 0.15) is 5.82 Å². The molecule has 0 aliphatic heterocycles. The fraction of sp³-hybridized carbons (Fsp3) is 0.0909. The van der Waals surface area contributed by atoms with Crippen LogP contribution in [0.4, 0.5) is 10.2 Å². The van der Waals surface area contributed by atoms with Crippen LogP contribution in [0.15, 0.2) is 30.3 Å². The molecule has 2 aromatic rings. The maximum atomic E-state index is 12.9. The van der Waals surface area contributed by atoms with Gasteiger partial charge in [-0.05, 0) is 19.1 Å². The molecule has 1 heterocycles. The van der Waals surface area contributed by atoms with E-state index in [1.54, 1.807) is 19.1 Å². The molecule has 0 fully saturated rings. The number of rotatable bonds is 3. The zero-order chi connectivity index (χ0) is 12.3. The van der Waals surface area contributed by atoms with Crippen molar-refractivity contribution >= 4 is 5.82 Å². The van der Waals surface area contributed by atoms with Gasteiger partial charge in [0.05, 0.1) is 0 Å². The average Bonchev–Trinajstić information content (AvgIpc) is 2.28. The Bertz CT molecular complexity index is 533. The first-order valence-corrected chi connectivity index (χ1v) is 4.93. The summed E-state index contributed by atoms with van der Waals surface area (Å²) in [5, 5.41) is 0. The number of hydrogen-bond donors (Lipinski definition) is 2. The topological polar surface area (TPSA) is 73.1 Å². The molecule has 0 unspecified atom stereocenters. The molecule has 0 atom stereocenters. The van der Waals surface area contributed by atoms with Gasteiger partial charge in [-0.25, -0.2) is 15.2 Å². The Kier molecular flexibility index (Phi) is 3.15. The van der Waals surface area contributed by atoms with Crippen molar-refractivity contribution in [2.24, 2.45) is 5.84 Å². The van der Waals surface area contributed by atoms with Gasteiger partial charge in [0.2, 0.25) is 5.88 Å². The van der Waals surface area contributed by atoms with Crippen molar-refractivity contribution in [3.63, 3.8) is 0 Å². The summed E-state index contributed by atoms with van der Waals surface area (Å²) in [6.45, 7) is 1.71. The summed E-state index contributed by atoms with van der Waals surface area (Å²) in [4.78, 5) is 8.07. The monoisotopic (exact) mass is 234 g/mol. The highest BCUT2D eigenvalue weighted by atomic mass is 19.1. The third kappa shape index (κ3) is 2.88. The minimum atomic E-state index is -0.370. The number of nitrogens with one attached hydrogen (secondary N) is 1. The van der Waals surface area contributed by atoms with Gasteiger partial charge in [0.1, 0.15) is 23.2 Å². The number of nitrogens with zero attached hydrogens (tertiary/aromatic N) is 2. The van der Waals surface area contributed by atoms with E-state index in [0.717, 1.165) is 0 Å². The number of hydrogen-bond acceptors (Lipinski definition) is 5. The number of ether oxygens (including phenoxy) is 1. The molecular formula is C11H11FN4O. The quantitative estimate of drug-likeness (QED) is 0.627. The molecule has 1 aromatic carbocycles. The molecule has 88 valence electrons. The van der Waals surface area contributed by atoms with Crippen LogP contribution in [0.2, 0.25) is 0 Å². The number of hydrazine groups is 1. The standard InChI is InChI=1S/C11H11FN4O/c1-7-14-10(16-13)6-11(15-7)17-9-4-2-3-8(12)5-9/h2-6H,13H2,1H3,(H,14,15,16). The Hall–Kier alpha value is -2.21. The third-order valence-electron chi connectivity index (χ3n) is 1.98. The number of nitrogens with two attached hydrogens (primary N) is 1. The van der Waals surface area contributed by atoms with Crippen molar-refractivity contribution in [1.82, 2.24) is 9.97 Å². The van der Waals surface area contributed by atoms with Gasteiger partial charge in [-0.15, -0.1) is 0 Å². The number of halogens is 1. The number of aromatic nitrogens is 2. The van der Waals surface area contributed by atoms with Gasteiger partial charge in [-0.3, -0.25) is 0 Å². The molecule has 5 nitrogen and oxygen atoms in total. The minimum Gasteiger partial charge on any atom is -0.439 e. The molecule has 0 saturated heterocycles. The first-order chi connectivity index (χ1) is 8.17. The van der Waals surface area contributed by atoms with E-state index >= 15 is 0 Å². The van der Waals surface area contributed by atoms with Gasteiger partial charge in [0.15, 0.2) is 0 Å². The number of aryl methyl sites for hydroxylation is 1. The smallest absolute Gasteiger partial charge is 0.224 e. The molecule has 0 bridgehead atoms. The molecular weight excluding hydrogens is 223 g/mol. The van der Waals surface area contributed by atoms with E-state index < -0.39 is 0 Å². The van der Waals surface area contributed by atoms with Crippen LogP contribution < -0.4 is 16.0 Å². The Morgan fingerprint density at radius 3 is 2.82 bits per heavy atom. The van der Waals surface area contributed by atoms with Crippen LogP contribution in [-0.4, -0.2) is 9.97 Å². The Morgan fingerprint density at radius 2 is 2.12 bits per heavy atom. The molecule has 0 aliphatic carbocycles. The van der Waals surface area contributed by atoms with Crippen molar-refractivity contribution in [3.05, 3.63) is 42.0 Å². The lowest BCUT2D eigenvalue weighted by atomic mass is 10.3. The van der Waals surface area contributed by atoms with Gasteiger partial charge in [0, 0.05) is 12.1 Å². The van der Waals surface area contributed by atoms with E-state index in [9.17, 15) is 4.39 Å². The minimum absolute atomic E-state index is 0.302. The third-order valence-corrected chi connectivity index (χ3v) is 1.98. The lowest BCUT2D eigenvalue weighted by molar-refractivity contribution is 0.455. The summed E-state index contributed by atoms with van der Waals surface area (Å²) in [6.07, 6.45) is 0. The van der Waals surface area contributed by atoms with Crippen LogP contribution >= 0.6 is 0 Å². The predicted molar refractivity (Wildman–Crippen MR) is 61.1 cm³/mol.